The van der Waals surface area contributed by atoms with Crippen molar-refractivity contribution in [3.05, 3.63) is 53.4 Å². The fraction of sp³-hybridized carbons (Fsp3) is 0.417. The van der Waals surface area contributed by atoms with E-state index < -0.39 is 29.4 Å². The number of anilines is 2. The van der Waals surface area contributed by atoms with E-state index in [0.717, 1.165) is 5.69 Å². The van der Waals surface area contributed by atoms with Crippen molar-refractivity contribution in [2.75, 3.05) is 23.3 Å². The van der Waals surface area contributed by atoms with Crippen LogP contribution in [0.15, 0.2) is 30.5 Å². The van der Waals surface area contributed by atoms with Gasteiger partial charge in [0.05, 0.1) is 23.8 Å². The van der Waals surface area contributed by atoms with Crippen molar-refractivity contribution in [3.8, 4) is 0 Å². The first-order chi connectivity index (χ1) is 16.0. The van der Waals surface area contributed by atoms with E-state index in [-0.39, 0.29) is 35.9 Å². The second-order valence-electron chi connectivity index (χ2n) is 9.71. The number of nitrogens with one attached hydrogen (secondary N) is 3. The van der Waals surface area contributed by atoms with Gasteiger partial charge in [-0.25, -0.2) is 13.6 Å². The highest BCUT2D eigenvalue weighted by atomic mass is 19.1. The van der Waals surface area contributed by atoms with Gasteiger partial charge in [0.1, 0.15) is 11.6 Å². The number of nitrogens with zero attached hydrogens (tertiary/aromatic N) is 2. The number of hydrogen-bond acceptors (Lipinski definition) is 5. The van der Waals surface area contributed by atoms with E-state index in [1.807, 2.05) is 6.07 Å². The second-order valence-corrected chi connectivity index (χ2v) is 9.71. The van der Waals surface area contributed by atoms with Crippen molar-refractivity contribution in [2.24, 2.45) is 0 Å². The standard InChI is InChI=1S/C24H27F2N5O3/c1-24(2,3)19-6-4-13(10-27-19)28-23(34)29-14-11-31(12-14)15-8-17(25)21(18(26)9-15)16-5-7-20(32)30-22(16)33/h4,6,8-10,14,16H,5,7,11-12H2,1-3H3,(H2,28,29,34)(H,30,32,33). The first kappa shape index (κ1) is 23.6. The molecule has 3 heterocycles. The quantitative estimate of drug-likeness (QED) is 0.595. The second kappa shape index (κ2) is 9.00. The lowest BCUT2D eigenvalue weighted by Gasteiger charge is -2.41. The molecule has 10 heteroatoms. The van der Waals surface area contributed by atoms with Crippen LogP contribution in [0.2, 0.25) is 0 Å². The van der Waals surface area contributed by atoms with Crippen LogP contribution >= 0.6 is 0 Å². The van der Waals surface area contributed by atoms with Gasteiger partial charge in [-0.15, -0.1) is 0 Å². The van der Waals surface area contributed by atoms with E-state index >= 15 is 0 Å². The summed E-state index contributed by atoms with van der Waals surface area (Å²) >= 11 is 0. The van der Waals surface area contributed by atoms with Gasteiger partial charge in [-0.05, 0) is 30.7 Å². The van der Waals surface area contributed by atoms with Crippen molar-refractivity contribution < 1.29 is 23.2 Å². The molecule has 2 saturated heterocycles. The number of carbonyl (C=O) groups is 3. The van der Waals surface area contributed by atoms with Crippen LogP contribution in [0, 0.1) is 11.6 Å². The van der Waals surface area contributed by atoms with Crippen LogP contribution < -0.4 is 20.9 Å². The Hall–Kier alpha value is -3.56. The summed E-state index contributed by atoms with van der Waals surface area (Å²) in [6, 6.07) is 5.43. The molecular formula is C24H27F2N5O3. The Kier molecular flexibility index (Phi) is 6.24. The van der Waals surface area contributed by atoms with Gasteiger partial charge in [-0.3, -0.25) is 19.9 Å². The number of pyridine rings is 1. The smallest absolute Gasteiger partial charge is 0.319 e. The van der Waals surface area contributed by atoms with Crippen LogP contribution in [0.25, 0.3) is 0 Å². The average molecular weight is 472 g/mol. The summed E-state index contributed by atoms with van der Waals surface area (Å²) in [7, 11) is 0. The zero-order chi connectivity index (χ0) is 24.6. The molecule has 1 aromatic carbocycles. The summed E-state index contributed by atoms with van der Waals surface area (Å²) in [5.41, 5.74) is 1.39. The lowest BCUT2D eigenvalue weighted by Crippen LogP contribution is -2.60. The minimum absolute atomic E-state index is 0.0371. The van der Waals surface area contributed by atoms with Crippen molar-refractivity contribution in [1.29, 1.82) is 0 Å². The van der Waals surface area contributed by atoms with Crippen molar-refractivity contribution in [1.82, 2.24) is 15.6 Å². The van der Waals surface area contributed by atoms with Crippen LogP contribution in [0.1, 0.15) is 50.8 Å². The van der Waals surface area contributed by atoms with Crippen molar-refractivity contribution in [2.45, 2.75) is 51.0 Å². The SMILES string of the molecule is CC(C)(C)c1ccc(NC(=O)NC2CN(c3cc(F)c(C4CCC(=O)NC4=O)c(F)c3)C2)cn1. The maximum atomic E-state index is 14.7. The highest BCUT2D eigenvalue weighted by Crippen LogP contribution is 2.33. The summed E-state index contributed by atoms with van der Waals surface area (Å²) < 4.78 is 29.4. The van der Waals surface area contributed by atoms with E-state index in [2.05, 4.69) is 41.7 Å². The van der Waals surface area contributed by atoms with E-state index in [4.69, 9.17) is 0 Å². The van der Waals surface area contributed by atoms with Crippen LogP contribution in [-0.2, 0) is 15.0 Å². The van der Waals surface area contributed by atoms with E-state index in [9.17, 15) is 23.2 Å². The molecule has 0 bridgehead atoms. The molecule has 1 unspecified atom stereocenters. The zero-order valence-electron chi connectivity index (χ0n) is 19.2. The molecule has 1 aromatic heterocycles. The fourth-order valence-electron chi connectivity index (χ4n) is 4.10. The number of urea groups is 1. The Labute approximate surface area is 196 Å². The molecule has 4 rings (SSSR count). The highest BCUT2D eigenvalue weighted by Gasteiger charge is 2.34. The monoisotopic (exact) mass is 471 g/mol. The molecule has 0 saturated carbocycles. The van der Waals surface area contributed by atoms with Crippen LogP contribution in [0.5, 0.6) is 0 Å². The first-order valence-electron chi connectivity index (χ1n) is 11.1. The van der Waals surface area contributed by atoms with Gasteiger partial charge in [-0.1, -0.05) is 20.8 Å². The van der Waals surface area contributed by atoms with E-state index in [1.165, 1.54) is 12.1 Å². The molecule has 2 aliphatic heterocycles. The predicted molar refractivity (Wildman–Crippen MR) is 123 cm³/mol. The van der Waals surface area contributed by atoms with Crippen LogP contribution in [0.3, 0.4) is 0 Å². The Morgan fingerprint density at radius 2 is 1.82 bits per heavy atom. The van der Waals surface area contributed by atoms with Gasteiger partial charge in [0, 0.05) is 41.9 Å². The lowest BCUT2D eigenvalue weighted by molar-refractivity contribution is -0.134. The Bertz CT molecular complexity index is 1100. The fourth-order valence-corrected chi connectivity index (χ4v) is 4.10. The number of halogens is 2. The van der Waals surface area contributed by atoms with Gasteiger partial charge in [0.2, 0.25) is 11.8 Å². The number of rotatable bonds is 4. The summed E-state index contributed by atoms with van der Waals surface area (Å²) in [5.74, 6) is -3.83. The topological polar surface area (TPSA) is 103 Å². The number of amides is 4. The largest absolute Gasteiger partial charge is 0.367 e. The van der Waals surface area contributed by atoms with Gasteiger partial charge >= 0.3 is 6.03 Å². The molecule has 1 atom stereocenters. The minimum Gasteiger partial charge on any atom is -0.367 e. The molecule has 2 fully saturated rings. The van der Waals surface area contributed by atoms with Gasteiger partial charge in [0.25, 0.3) is 0 Å². The van der Waals surface area contributed by atoms with Crippen LogP contribution in [-0.4, -0.2) is 42.0 Å². The molecule has 0 radical (unpaired) electrons. The van der Waals surface area contributed by atoms with Gasteiger partial charge in [-0.2, -0.15) is 0 Å². The summed E-state index contributed by atoms with van der Waals surface area (Å²) in [6.45, 7) is 6.92. The zero-order valence-corrected chi connectivity index (χ0v) is 19.2. The molecule has 2 aromatic rings. The molecule has 34 heavy (non-hydrogen) atoms. The van der Waals surface area contributed by atoms with Crippen molar-refractivity contribution >= 4 is 29.2 Å². The molecule has 3 N–H and O–H groups in total. The maximum Gasteiger partial charge on any atom is 0.319 e. The summed E-state index contributed by atoms with van der Waals surface area (Å²) in [5, 5.41) is 7.67. The number of imide groups is 1. The molecular weight excluding hydrogens is 444 g/mol. The molecule has 4 amide bonds. The van der Waals surface area contributed by atoms with Gasteiger partial charge < -0.3 is 15.5 Å². The maximum absolute atomic E-state index is 14.7. The number of carbonyl (C=O) groups excluding carboxylic acids is 3. The van der Waals surface area contributed by atoms with Crippen LogP contribution in [0.4, 0.5) is 25.0 Å². The lowest BCUT2D eigenvalue weighted by atomic mass is 9.89. The Morgan fingerprint density at radius 3 is 2.38 bits per heavy atom. The highest BCUT2D eigenvalue weighted by molar-refractivity contribution is 6.01. The third kappa shape index (κ3) is 5.00. The normalized spacial score (nSPS) is 18.9. The molecule has 0 aliphatic carbocycles. The number of hydrogen-bond donors (Lipinski definition) is 3. The third-order valence-corrected chi connectivity index (χ3v) is 6.02. The Balaban J connectivity index is 1.32. The first-order valence-corrected chi connectivity index (χ1v) is 11.1. The third-order valence-electron chi connectivity index (χ3n) is 6.02. The van der Waals surface area contributed by atoms with Crippen molar-refractivity contribution in [3.63, 3.8) is 0 Å². The molecule has 8 nitrogen and oxygen atoms in total. The summed E-state index contributed by atoms with van der Waals surface area (Å²) in [6.07, 6.45) is 1.70. The van der Waals surface area contributed by atoms with E-state index in [1.54, 1.807) is 17.2 Å². The number of piperidine rings is 1. The molecule has 2 aliphatic rings. The number of benzene rings is 1. The number of aromatic nitrogens is 1. The molecule has 180 valence electrons. The summed E-state index contributed by atoms with van der Waals surface area (Å²) in [4.78, 5) is 41.7. The Morgan fingerprint density at radius 1 is 1.15 bits per heavy atom. The predicted octanol–water partition coefficient (Wildman–Crippen LogP) is 3.19. The van der Waals surface area contributed by atoms with E-state index in [0.29, 0.717) is 24.5 Å². The average Bonchev–Trinajstić information content (AvgIpc) is 2.71. The minimum atomic E-state index is -1.03. The van der Waals surface area contributed by atoms with Gasteiger partial charge in [0.15, 0.2) is 0 Å². The molecule has 0 spiro atoms.